The molecule has 0 atom stereocenters. The van der Waals surface area contributed by atoms with Gasteiger partial charge in [-0.3, -0.25) is 9.20 Å². The Morgan fingerprint density at radius 2 is 1.79 bits per heavy atom. The highest BCUT2D eigenvalue weighted by molar-refractivity contribution is 7.89. The average Bonchev–Trinajstić information content (AvgIpc) is 3.15. The molecule has 0 radical (unpaired) electrons. The van der Waals surface area contributed by atoms with E-state index in [1.54, 1.807) is 28.8 Å². The number of carbonyl (C=O) groups is 1. The fourth-order valence-corrected chi connectivity index (χ4v) is 4.20. The van der Waals surface area contributed by atoms with Gasteiger partial charge in [0, 0.05) is 13.2 Å². The van der Waals surface area contributed by atoms with E-state index in [9.17, 15) is 13.2 Å². The fourth-order valence-electron chi connectivity index (χ4n) is 3.04. The van der Waals surface area contributed by atoms with Gasteiger partial charge in [-0.05, 0) is 35.0 Å². The number of fused-ring (bicyclic) bond motifs is 2. The molecule has 0 saturated heterocycles. The molecular weight excluding hydrogens is 390 g/mol. The lowest BCUT2D eigenvalue weighted by molar-refractivity contribution is -0.121. The minimum atomic E-state index is -3.79. The Morgan fingerprint density at radius 1 is 1.03 bits per heavy atom. The Labute approximate surface area is 167 Å². The van der Waals surface area contributed by atoms with Gasteiger partial charge in [0.2, 0.25) is 15.9 Å². The largest absolute Gasteiger partial charge is 0.348 e. The van der Waals surface area contributed by atoms with Crippen molar-refractivity contribution in [3.8, 4) is 0 Å². The summed E-state index contributed by atoms with van der Waals surface area (Å²) in [5.74, 6) is 0.138. The molecular formula is C20H19N5O3S. The predicted octanol–water partition coefficient (Wildman–Crippen LogP) is 1.82. The summed E-state index contributed by atoms with van der Waals surface area (Å²) >= 11 is 0. The Hall–Kier alpha value is -3.30. The zero-order valence-corrected chi connectivity index (χ0v) is 16.5. The van der Waals surface area contributed by atoms with Crippen LogP contribution in [0.1, 0.15) is 5.82 Å². The van der Waals surface area contributed by atoms with Crippen molar-refractivity contribution >= 4 is 32.4 Å². The minimum Gasteiger partial charge on any atom is -0.348 e. The highest BCUT2D eigenvalue weighted by Gasteiger charge is 2.23. The van der Waals surface area contributed by atoms with Crippen LogP contribution in [-0.4, -0.2) is 46.8 Å². The van der Waals surface area contributed by atoms with E-state index in [2.05, 4.69) is 15.5 Å². The normalized spacial score (nSPS) is 11.9. The fraction of sp³-hybridized carbons (Fsp3) is 0.150. The first-order valence-electron chi connectivity index (χ1n) is 8.95. The lowest BCUT2D eigenvalue weighted by atomic mass is 10.1. The number of amides is 1. The smallest absolute Gasteiger partial charge is 0.243 e. The van der Waals surface area contributed by atoms with Gasteiger partial charge in [-0.15, -0.1) is 10.2 Å². The number of nitrogens with one attached hydrogen (secondary N) is 1. The topological polar surface area (TPSA) is 96.7 Å². The Kier molecular flexibility index (Phi) is 4.99. The van der Waals surface area contributed by atoms with Crippen LogP contribution in [0.2, 0.25) is 0 Å². The number of hydrogen-bond acceptors (Lipinski definition) is 5. The molecule has 0 saturated carbocycles. The van der Waals surface area contributed by atoms with Gasteiger partial charge in [-0.2, -0.15) is 4.31 Å². The molecule has 0 aliphatic heterocycles. The average molecular weight is 409 g/mol. The number of hydrogen-bond donors (Lipinski definition) is 1. The van der Waals surface area contributed by atoms with Crippen molar-refractivity contribution in [2.24, 2.45) is 0 Å². The lowest BCUT2D eigenvalue weighted by Gasteiger charge is -2.17. The number of aromatic nitrogens is 3. The number of nitrogens with zero attached hydrogens (tertiary/aromatic N) is 4. The van der Waals surface area contributed by atoms with E-state index in [1.807, 2.05) is 42.5 Å². The maximum Gasteiger partial charge on any atom is 0.243 e. The molecule has 9 heteroatoms. The zero-order valence-electron chi connectivity index (χ0n) is 15.7. The van der Waals surface area contributed by atoms with Crippen LogP contribution in [-0.2, 0) is 21.4 Å². The van der Waals surface area contributed by atoms with Crippen molar-refractivity contribution in [3.63, 3.8) is 0 Å². The van der Waals surface area contributed by atoms with E-state index in [1.165, 1.54) is 7.05 Å². The lowest BCUT2D eigenvalue weighted by Crippen LogP contribution is -2.38. The van der Waals surface area contributed by atoms with Gasteiger partial charge in [0.1, 0.15) is 0 Å². The number of benzene rings is 2. The second-order valence-electron chi connectivity index (χ2n) is 6.59. The van der Waals surface area contributed by atoms with Crippen LogP contribution in [0.25, 0.3) is 16.4 Å². The van der Waals surface area contributed by atoms with Crippen LogP contribution in [0.5, 0.6) is 0 Å². The first-order valence-corrected chi connectivity index (χ1v) is 10.4. The molecule has 2 heterocycles. The Bertz CT molecular complexity index is 1300. The second kappa shape index (κ2) is 7.61. The molecule has 0 unspecified atom stereocenters. The summed E-state index contributed by atoms with van der Waals surface area (Å²) in [5.41, 5.74) is 0.674. The summed E-state index contributed by atoms with van der Waals surface area (Å²) in [6.07, 6.45) is 1.80. The quantitative estimate of drug-likeness (QED) is 0.524. The molecule has 1 amide bonds. The van der Waals surface area contributed by atoms with E-state index < -0.39 is 15.9 Å². The molecule has 0 bridgehead atoms. The number of sulfonamides is 1. The van der Waals surface area contributed by atoms with E-state index in [0.29, 0.717) is 11.5 Å². The third-order valence-electron chi connectivity index (χ3n) is 4.62. The van der Waals surface area contributed by atoms with Gasteiger partial charge in [0.15, 0.2) is 11.5 Å². The molecule has 2 aromatic heterocycles. The van der Waals surface area contributed by atoms with Crippen LogP contribution >= 0.6 is 0 Å². The van der Waals surface area contributed by atoms with Gasteiger partial charge in [-0.25, -0.2) is 8.42 Å². The van der Waals surface area contributed by atoms with Gasteiger partial charge < -0.3 is 5.32 Å². The highest BCUT2D eigenvalue weighted by Crippen LogP contribution is 2.21. The molecule has 0 fully saturated rings. The molecule has 2 aromatic carbocycles. The second-order valence-corrected chi connectivity index (χ2v) is 8.64. The predicted molar refractivity (Wildman–Crippen MR) is 109 cm³/mol. The van der Waals surface area contributed by atoms with Crippen LogP contribution in [0.4, 0.5) is 0 Å². The molecule has 1 N–H and O–H groups in total. The van der Waals surface area contributed by atoms with Gasteiger partial charge >= 0.3 is 0 Å². The summed E-state index contributed by atoms with van der Waals surface area (Å²) in [4.78, 5) is 12.4. The molecule has 4 aromatic rings. The number of likely N-dealkylation sites (N-methyl/N-ethyl adjacent to an activating group) is 1. The summed E-state index contributed by atoms with van der Waals surface area (Å²) in [6, 6.07) is 17.9. The summed E-state index contributed by atoms with van der Waals surface area (Å²) in [5, 5.41) is 12.5. The van der Waals surface area contributed by atoms with E-state index >= 15 is 0 Å². The third-order valence-corrected chi connectivity index (χ3v) is 6.42. The summed E-state index contributed by atoms with van der Waals surface area (Å²) < 4.78 is 28.5. The molecule has 8 nitrogen and oxygen atoms in total. The van der Waals surface area contributed by atoms with Crippen molar-refractivity contribution in [1.29, 1.82) is 0 Å². The number of rotatable bonds is 6. The monoisotopic (exact) mass is 409 g/mol. The molecule has 29 heavy (non-hydrogen) atoms. The SMILES string of the molecule is CN(CC(=O)NCc1nnc2ccccn12)S(=O)(=O)c1ccc2ccccc2c1. The van der Waals surface area contributed by atoms with Crippen LogP contribution in [0, 0.1) is 0 Å². The van der Waals surface area contributed by atoms with Crippen LogP contribution in [0.15, 0.2) is 71.8 Å². The third kappa shape index (κ3) is 3.82. The molecule has 4 rings (SSSR count). The highest BCUT2D eigenvalue weighted by atomic mass is 32.2. The Morgan fingerprint density at radius 3 is 2.62 bits per heavy atom. The molecule has 0 spiro atoms. The minimum absolute atomic E-state index is 0.147. The van der Waals surface area contributed by atoms with E-state index in [4.69, 9.17) is 0 Å². The first-order chi connectivity index (χ1) is 13.9. The van der Waals surface area contributed by atoms with Gasteiger partial charge in [-0.1, -0.05) is 36.4 Å². The van der Waals surface area contributed by atoms with Gasteiger partial charge in [0.25, 0.3) is 0 Å². The maximum absolute atomic E-state index is 12.8. The standard InChI is InChI=1S/C20H19N5O3S/c1-24(29(27,28)17-10-9-15-6-2-3-7-16(15)12-17)14-20(26)21-13-19-23-22-18-8-4-5-11-25(18)19/h2-12H,13-14H2,1H3,(H,21,26). The number of carbonyl (C=O) groups excluding carboxylic acids is 1. The molecule has 148 valence electrons. The van der Waals surface area contributed by atoms with Crippen molar-refractivity contribution in [3.05, 3.63) is 72.7 Å². The van der Waals surface area contributed by atoms with Gasteiger partial charge in [0.05, 0.1) is 18.0 Å². The Balaban J connectivity index is 1.44. The molecule has 0 aliphatic rings. The van der Waals surface area contributed by atoms with Crippen LogP contribution in [0.3, 0.4) is 0 Å². The summed E-state index contributed by atoms with van der Waals surface area (Å²) in [6.45, 7) is -0.153. The van der Waals surface area contributed by atoms with Crippen molar-refractivity contribution in [1.82, 2.24) is 24.2 Å². The molecule has 0 aliphatic carbocycles. The zero-order chi connectivity index (χ0) is 20.4. The number of pyridine rings is 1. The van der Waals surface area contributed by atoms with Crippen molar-refractivity contribution < 1.29 is 13.2 Å². The first kappa shape index (κ1) is 19.0. The van der Waals surface area contributed by atoms with Crippen molar-refractivity contribution in [2.45, 2.75) is 11.4 Å². The van der Waals surface area contributed by atoms with E-state index in [-0.39, 0.29) is 18.0 Å². The maximum atomic E-state index is 12.8. The van der Waals surface area contributed by atoms with E-state index in [0.717, 1.165) is 15.1 Å². The van der Waals surface area contributed by atoms with Crippen LogP contribution < -0.4 is 5.32 Å². The summed E-state index contributed by atoms with van der Waals surface area (Å²) in [7, 11) is -2.41. The van der Waals surface area contributed by atoms with Crippen molar-refractivity contribution in [2.75, 3.05) is 13.6 Å².